The number of methoxy groups -OCH3 is 1. The maximum atomic E-state index is 12.3. The van der Waals surface area contributed by atoms with E-state index in [-0.39, 0.29) is 11.6 Å². The molecule has 1 N–H and O–H groups in total. The van der Waals surface area contributed by atoms with Crippen LogP contribution in [-0.2, 0) is 11.3 Å². The number of amides is 1. The van der Waals surface area contributed by atoms with Crippen LogP contribution in [-0.4, -0.2) is 22.9 Å². The van der Waals surface area contributed by atoms with Crippen LogP contribution in [0, 0.1) is 10.1 Å². The van der Waals surface area contributed by atoms with Gasteiger partial charge in [-0.1, -0.05) is 18.2 Å². The van der Waals surface area contributed by atoms with E-state index in [4.69, 9.17) is 4.74 Å². The van der Waals surface area contributed by atoms with Gasteiger partial charge in [-0.05, 0) is 18.2 Å². The largest absolute Gasteiger partial charge is 0.495 e. The van der Waals surface area contributed by atoms with Gasteiger partial charge in [0.25, 0.3) is 5.69 Å². The van der Waals surface area contributed by atoms with E-state index < -0.39 is 4.92 Å². The number of nitrogens with zero attached hydrogens (tertiary/aromatic N) is 3. The van der Waals surface area contributed by atoms with Gasteiger partial charge in [0.05, 0.1) is 30.0 Å². The molecule has 144 valence electrons. The Bertz CT molecular complexity index is 1000. The van der Waals surface area contributed by atoms with Gasteiger partial charge >= 0.3 is 0 Å². The van der Waals surface area contributed by atoms with E-state index in [0.29, 0.717) is 34.5 Å². The van der Waals surface area contributed by atoms with Crippen molar-refractivity contribution in [2.75, 3.05) is 17.3 Å². The first-order chi connectivity index (χ1) is 13.5. The topological polar surface area (TPSA) is 97.6 Å². The molecule has 3 aromatic rings. The number of nitro benzene ring substituents is 1. The number of carbonyl (C=O) groups is 1. The first-order valence-corrected chi connectivity index (χ1v) is 9.24. The Morgan fingerprint density at radius 2 is 2.07 bits per heavy atom. The minimum Gasteiger partial charge on any atom is -0.495 e. The van der Waals surface area contributed by atoms with Gasteiger partial charge in [-0.25, -0.2) is 4.98 Å². The predicted octanol–water partition coefficient (Wildman–Crippen LogP) is 4.36. The molecule has 1 heterocycles. The summed E-state index contributed by atoms with van der Waals surface area (Å²) in [6, 6.07) is 13.5. The number of carbonyl (C=O) groups excluding carboxylic acids is 1. The van der Waals surface area contributed by atoms with Crippen LogP contribution in [0.2, 0.25) is 0 Å². The van der Waals surface area contributed by atoms with Crippen LogP contribution >= 0.6 is 11.3 Å². The lowest BCUT2D eigenvalue weighted by Crippen LogP contribution is -2.23. The number of thiazole rings is 1. The van der Waals surface area contributed by atoms with Crippen LogP contribution in [0.15, 0.2) is 53.9 Å². The molecule has 0 atom stereocenters. The summed E-state index contributed by atoms with van der Waals surface area (Å²) in [7, 11) is 1.55. The van der Waals surface area contributed by atoms with E-state index in [9.17, 15) is 14.9 Å². The highest BCUT2D eigenvalue weighted by Crippen LogP contribution is 2.35. The Morgan fingerprint density at radius 1 is 1.29 bits per heavy atom. The number of rotatable bonds is 7. The van der Waals surface area contributed by atoms with Crippen LogP contribution in [0.4, 0.5) is 22.2 Å². The van der Waals surface area contributed by atoms with Crippen molar-refractivity contribution >= 4 is 39.4 Å². The zero-order chi connectivity index (χ0) is 20.1. The molecule has 2 aromatic carbocycles. The molecule has 28 heavy (non-hydrogen) atoms. The fourth-order valence-electron chi connectivity index (χ4n) is 2.62. The molecule has 0 saturated carbocycles. The van der Waals surface area contributed by atoms with Gasteiger partial charge in [-0.3, -0.25) is 19.8 Å². The molecule has 0 spiro atoms. The SMILES string of the molecule is COc1ccccc1N(C(C)=O)c1nc(CNc2cccc([N+](=O)[O-])c2)cs1. The Labute approximate surface area is 165 Å². The van der Waals surface area contributed by atoms with Crippen LogP contribution in [0.3, 0.4) is 0 Å². The highest BCUT2D eigenvalue weighted by Gasteiger charge is 2.21. The summed E-state index contributed by atoms with van der Waals surface area (Å²) in [6.45, 7) is 1.84. The van der Waals surface area contributed by atoms with Gasteiger partial charge < -0.3 is 10.1 Å². The number of para-hydroxylation sites is 2. The van der Waals surface area contributed by atoms with Crippen molar-refractivity contribution < 1.29 is 14.5 Å². The summed E-state index contributed by atoms with van der Waals surface area (Å²) in [4.78, 5) is 28.7. The second kappa shape index (κ2) is 8.49. The highest BCUT2D eigenvalue weighted by atomic mass is 32.1. The van der Waals surface area contributed by atoms with E-state index in [0.717, 1.165) is 0 Å². The lowest BCUT2D eigenvalue weighted by molar-refractivity contribution is -0.384. The predicted molar refractivity (Wildman–Crippen MR) is 108 cm³/mol. The zero-order valence-corrected chi connectivity index (χ0v) is 16.1. The maximum absolute atomic E-state index is 12.3. The quantitative estimate of drug-likeness (QED) is 0.469. The number of ether oxygens (including phenoxy) is 1. The monoisotopic (exact) mass is 398 g/mol. The number of non-ortho nitro benzene ring substituents is 1. The number of aromatic nitrogens is 1. The Hall–Kier alpha value is -3.46. The molecular weight excluding hydrogens is 380 g/mol. The van der Waals surface area contributed by atoms with Crippen molar-refractivity contribution in [1.29, 1.82) is 0 Å². The van der Waals surface area contributed by atoms with E-state index in [1.807, 2.05) is 17.5 Å². The number of benzene rings is 2. The standard InChI is InChI=1S/C19H18N4O4S/c1-13(24)22(17-8-3-4-9-18(17)27-2)19-21-15(12-28-19)11-20-14-6-5-7-16(10-14)23(25)26/h3-10,12,20H,11H2,1-2H3. The van der Waals surface area contributed by atoms with E-state index in [1.165, 1.54) is 35.3 Å². The van der Waals surface area contributed by atoms with Gasteiger partial charge in [0.2, 0.25) is 5.91 Å². The molecule has 0 unspecified atom stereocenters. The smallest absolute Gasteiger partial charge is 0.271 e. The number of hydrogen-bond donors (Lipinski definition) is 1. The molecule has 1 amide bonds. The number of nitro groups is 1. The normalized spacial score (nSPS) is 10.4. The third kappa shape index (κ3) is 4.26. The molecule has 0 fully saturated rings. The minimum absolute atomic E-state index is 0.0166. The molecule has 8 nitrogen and oxygen atoms in total. The number of hydrogen-bond acceptors (Lipinski definition) is 7. The van der Waals surface area contributed by atoms with Crippen molar-refractivity contribution in [2.45, 2.75) is 13.5 Å². The van der Waals surface area contributed by atoms with Gasteiger partial charge in [0.15, 0.2) is 5.13 Å². The lowest BCUT2D eigenvalue weighted by Gasteiger charge is -2.20. The van der Waals surface area contributed by atoms with Crippen molar-refractivity contribution in [3.8, 4) is 5.75 Å². The minimum atomic E-state index is -0.440. The molecule has 0 aliphatic carbocycles. The summed E-state index contributed by atoms with van der Waals surface area (Å²) >= 11 is 1.33. The molecule has 0 bridgehead atoms. The van der Waals surface area contributed by atoms with Crippen molar-refractivity contribution in [2.24, 2.45) is 0 Å². The number of nitrogens with one attached hydrogen (secondary N) is 1. The molecule has 1 aromatic heterocycles. The Morgan fingerprint density at radius 3 is 2.79 bits per heavy atom. The Kier molecular flexibility index (Phi) is 5.85. The third-order valence-electron chi connectivity index (χ3n) is 3.90. The summed E-state index contributed by atoms with van der Waals surface area (Å²) in [5, 5.41) is 16.3. The van der Waals surface area contributed by atoms with Crippen molar-refractivity contribution in [3.05, 3.63) is 69.7 Å². The molecule has 0 aliphatic heterocycles. The second-order valence-electron chi connectivity index (χ2n) is 5.81. The molecule has 3 rings (SSSR count). The molecule has 0 aliphatic rings. The van der Waals surface area contributed by atoms with Crippen LogP contribution in [0.1, 0.15) is 12.6 Å². The van der Waals surface area contributed by atoms with E-state index in [2.05, 4.69) is 10.3 Å². The zero-order valence-electron chi connectivity index (χ0n) is 15.3. The Balaban J connectivity index is 1.79. The summed E-state index contributed by atoms with van der Waals surface area (Å²) < 4.78 is 5.36. The third-order valence-corrected chi connectivity index (χ3v) is 4.78. The highest BCUT2D eigenvalue weighted by molar-refractivity contribution is 7.14. The van der Waals surface area contributed by atoms with Crippen molar-refractivity contribution in [1.82, 2.24) is 4.98 Å². The van der Waals surface area contributed by atoms with Crippen LogP contribution in [0.5, 0.6) is 5.75 Å². The first kappa shape index (κ1) is 19.3. The summed E-state index contributed by atoms with van der Waals surface area (Å²) in [5.74, 6) is 0.390. The van der Waals surface area contributed by atoms with Crippen molar-refractivity contribution in [3.63, 3.8) is 0 Å². The van der Waals surface area contributed by atoms with Gasteiger partial charge in [-0.15, -0.1) is 11.3 Å². The van der Waals surface area contributed by atoms with E-state index in [1.54, 1.807) is 31.4 Å². The lowest BCUT2D eigenvalue weighted by atomic mass is 10.2. The average Bonchev–Trinajstić information content (AvgIpc) is 3.15. The maximum Gasteiger partial charge on any atom is 0.271 e. The van der Waals surface area contributed by atoms with Gasteiger partial charge in [-0.2, -0.15) is 0 Å². The molecule has 0 radical (unpaired) electrons. The molecule has 9 heteroatoms. The van der Waals surface area contributed by atoms with Crippen LogP contribution < -0.4 is 15.0 Å². The van der Waals surface area contributed by atoms with Gasteiger partial charge in [0.1, 0.15) is 5.75 Å². The number of anilines is 3. The fourth-order valence-corrected chi connectivity index (χ4v) is 3.50. The average molecular weight is 398 g/mol. The second-order valence-corrected chi connectivity index (χ2v) is 6.65. The molecule has 0 saturated heterocycles. The van der Waals surface area contributed by atoms with E-state index >= 15 is 0 Å². The van der Waals surface area contributed by atoms with Gasteiger partial charge in [0, 0.05) is 30.1 Å². The fraction of sp³-hybridized carbons (Fsp3) is 0.158. The molecular formula is C19H18N4O4S. The van der Waals surface area contributed by atoms with Crippen LogP contribution in [0.25, 0.3) is 0 Å². The first-order valence-electron chi connectivity index (χ1n) is 8.36. The summed E-state index contributed by atoms with van der Waals surface area (Å²) in [6.07, 6.45) is 0. The summed E-state index contributed by atoms with van der Waals surface area (Å²) in [5.41, 5.74) is 1.97.